The molecule has 18 heteroatoms. The standard InChI is InChI=1S/C7H6B2O14.2Li.2H/c10-2(20-8(18)22-6(16)4(12)13)1-3(11)21-9(19)23-7(17)5(14)15;;;;/h18-19H,1H2,(H,12,13)(H,14,15);;;;. The van der Waals surface area contributed by atoms with Crippen molar-refractivity contribution in [1.82, 2.24) is 0 Å². The Hall–Kier alpha value is -1.94. The van der Waals surface area contributed by atoms with E-state index in [4.69, 9.17) is 20.3 Å². The Labute approximate surface area is 162 Å². The third kappa shape index (κ3) is 13.1. The van der Waals surface area contributed by atoms with Gasteiger partial charge in [-0.25, -0.2) is 19.2 Å². The third-order valence-corrected chi connectivity index (χ3v) is 1.52. The maximum absolute atomic E-state index is 11.0. The van der Waals surface area contributed by atoms with Crippen molar-refractivity contribution in [3.05, 3.63) is 0 Å². The first-order valence-corrected chi connectivity index (χ1v) is 5.15. The summed E-state index contributed by atoms with van der Waals surface area (Å²) in [5, 5.41) is 33.9. The summed E-state index contributed by atoms with van der Waals surface area (Å²) in [7, 11) is -5.26. The monoisotopic (exact) mass is 352 g/mol. The molecule has 0 aliphatic carbocycles. The van der Waals surface area contributed by atoms with Crippen LogP contribution in [0.2, 0.25) is 0 Å². The molecule has 0 radical (unpaired) electrons. The first-order valence-electron chi connectivity index (χ1n) is 5.15. The summed E-state index contributed by atoms with van der Waals surface area (Å²) in [6, 6.07) is 0. The number of carboxylic acid groups (broad SMARTS) is 2. The van der Waals surface area contributed by atoms with E-state index in [1.54, 1.807) is 0 Å². The van der Waals surface area contributed by atoms with Gasteiger partial charge < -0.3 is 38.9 Å². The molecular formula is C7H8B2Li2O14. The van der Waals surface area contributed by atoms with Crippen molar-refractivity contribution in [2.75, 3.05) is 0 Å². The molecule has 14 nitrogen and oxygen atoms in total. The van der Waals surface area contributed by atoms with Crippen LogP contribution >= 0.6 is 0 Å². The van der Waals surface area contributed by atoms with E-state index in [1.165, 1.54) is 0 Å². The summed E-state index contributed by atoms with van der Waals surface area (Å²) in [4.78, 5) is 63.1. The summed E-state index contributed by atoms with van der Waals surface area (Å²) in [6.45, 7) is 0. The van der Waals surface area contributed by atoms with E-state index in [-0.39, 0.29) is 37.7 Å². The number of hydrogen-bond donors (Lipinski definition) is 4. The molecular weight excluding hydrogens is 344 g/mol. The van der Waals surface area contributed by atoms with Crippen LogP contribution in [0.4, 0.5) is 0 Å². The molecule has 0 fully saturated rings. The number of rotatable bonds is 6. The fourth-order valence-corrected chi connectivity index (χ4v) is 0.758. The SMILES string of the molecule is O=C(CC(=O)OB(O)OC(=O)C(=O)O)OB(O)OC(=O)C(=O)O.[LiH].[LiH]. The van der Waals surface area contributed by atoms with E-state index < -0.39 is 56.9 Å². The van der Waals surface area contributed by atoms with Crippen molar-refractivity contribution >= 4 is 88.2 Å². The van der Waals surface area contributed by atoms with Crippen LogP contribution in [0, 0.1) is 0 Å². The molecule has 0 aromatic carbocycles. The van der Waals surface area contributed by atoms with Crippen LogP contribution in [0.3, 0.4) is 0 Å². The molecule has 25 heavy (non-hydrogen) atoms. The van der Waals surface area contributed by atoms with E-state index in [0.717, 1.165) is 0 Å². The predicted octanol–water partition coefficient (Wildman–Crippen LogP) is -5.62. The van der Waals surface area contributed by atoms with E-state index in [2.05, 4.69) is 18.6 Å². The number of carbonyl (C=O) groups is 6. The molecule has 0 bridgehead atoms. The van der Waals surface area contributed by atoms with Crippen LogP contribution < -0.4 is 0 Å². The number of carbonyl (C=O) groups excluding carboxylic acids is 4. The van der Waals surface area contributed by atoms with Crippen molar-refractivity contribution in [2.45, 2.75) is 6.42 Å². The average Bonchev–Trinajstić information content (AvgIpc) is 2.36. The van der Waals surface area contributed by atoms with Gasteiger partial charge in [-0.2, -0.15) is 0 Å². The van der Waals surface area contributed by atoms with Gasteiger partial charge in [-0.05, 0) is 0 Å². The maximum atomic E-state index is 11.0. The average molecular weight is 352 g/mol. The van der Waals surface area contributed by atoms with Gasteiger partial charge in [0.25, 0.3) is 0 Å². The number of carboxylic acids is 2. The van der Waals surface area contributed by atoms with Crippen LogP contribution in [-0.2, 0) is 47.4 Å². The molecule has 4 N–H and O–H groups in total. The van der Waals surface area contributed by atoms with Gasteiger partial charge in [-0.3, -0.25) is 9.59 Å². The van der Waals surface area contributed by atoms with Gasteiger partial charge in [0.15, 0.2) is 0 Å². The van der Waals surface area contributed by atoms with Gasteiger partial charge in [0.1, 0.15) is 6.42 Å². The second-order valence-corrected chi connectivity index (χ2v) is 3.19. The molecule has 128 valence electrons. The summed E-state index contributed by atoms with van der Waals surface area (Å²) >= 11 is 0. The van der Waals surface area contributed by atoms with Gasteiger partial charge in [0.2, 0.25) is 0 Å². The molecule has 0 saturated carbocycles. The van der Waals surface area contributed by atoms with Crippen LogP contribution in [0.25, 0.3) is 0 Å². The minimum absolute atomic E-state index is 0. The Balaban J connectivity index is -0.00000242. The van der Waals surface area contributed by atoms with Crippen LogP contribution in [0.1, 0.15) is 6.42 Å². The second-order valence-electron chi connectivity index (χ2n) is 3.19. The summed E-state index contributed by atoms with van der Waals surface area (Å²) in [5.74, 6) is -11.3. The zero-order valence-corrected chi connectivity index (χ0v) is 10.7. The van der Waals surface area contributed by atoms with Crippen molar-refractivity contribution in [2.24, 2.45) is 0 Å². The molecule has 0 amide bonds. The molecule has 0 aliphatic rings. The van der Waals surface area contributed by atoms with Gasteiger partial charge in [0.05, 0.1) is 0 Å². The molecule has 0 spiro atoms. The number of aliphatic carboxylic acids is 2. The van der Waals surface area contributed by atoms with Gasteiger partial charge >= 0.3 is 88.2 Å². The van der Waals surface area contributed by atoms with Crippen LogP contribution in [0.5, 0.6) is 0 Å². The van der Waals surface area contributed by atoms with Crippen LogP contribution in [-0.4, -0.2) is 108 Å². The minimum atomic E-state index is -2.63. The van der Waals surface area contributed by atoms with E-state index in [1.807, 2.05) is 0 Å². The Kier molecular flexibility index (Phi) is 14.9. The van der Waals surface area contributed by atoms with Gasteiger partial charge in [-0.1, -0.05) is 0 Å². The molecule has 0 unspecified atom stereocenters. The van der Waals surface area contributed by atoms with E-state index in [9.17, 15) is 28.8 Å². The molecule has 0 heterocycles. The van der Waals surface area contributed by atoms with Crippen molar-refractivity contribution in [1.29, 1.82) is 0 Å². The normalized spacial score (nSPS) is 8.40. The zero-order chi connectivity index (χ0) is 18.2. The Morgan fingerprint density at radius 1 is 0.640 bits per heavy atom. The molecule has 0 atom stereocenters. The van der Waals surface area contributed by atoms with E-state index in [0.29, 0.717) is 0 Å². The van der Waals surface area contributed by atoms with Crippen molar-refractivity contribution in [3.8, 4) is 0 Å². The number of hydrogen-bond acceptors (Lipinski definition) is 12. The fourth-order valence-electron chi connectivity index (χ4n) is 0.758. The first kappa shape index (κ1) is 27.9. The predicted molar refractivity (Wildman–Crippen MR) is 74.5 cm³/mol. The summed E-state index contributed by atoms with van der Waals surface area (Å²) < 4.78 is 15.1. The fraction of sp³-hybridized carbons (Fsp3) is 0.143. The van der Waals surface area contributed by atoms with E-state index >= 15 is 0 Å². The van der Waals surface area contributed by atoms with Crippen molar-refractivity contribution in [3.63, 3.8) is 0 Å². The molecule has 0 saturated heterocycles. The Bertz CT molecular complexity index is 491. The third-order valence-electron chi connectivity index (χ3n) is 1.52. The Morgan fingerprint density at radius 2 is 0.920 bits per heavy atom. The van der Waals surface area contributed by atoms with Gasteiger partial charge in [-0.15, -0.1) is 0 Å². The first-order chi connectivity index (χ1) is 10.5. The molecule has 0 aromatic heterocycles. The second kappa shape index (κ2) is 13.4. The molecule has 0 aliphatic heterocycles. The Morgan fingerprint density at radius 3 is 1.16 bits per heavy atom. The summed E-state index contributed by atoms with van der Waals surface area (Å²) in [6.07, 6.45) is -1.30. The zero-order valence-electron chi connectivity index (χ0n) is 10.7. The topological polar surface area (TPSA) is 220 Å². The quantitative estimate of drug-likeness (QED) is 0.199. The molecule has 0 rings (SSSR count). The van der Waals surface area contributed by atoms with Crippen molar-refractivity contribution < 1.29 is 67.6 Å². The van der Waals surface area contributed by atoms with Gasteiger partial charge in [0, 0.05) is 0 Å². The van der Waals surface area contributed by atoms with Crippen LogP contribution in [0.15, 0.2) is 0 Å². The summed E-state index contributed by atoms with van der Waals surface area (Å²) in [5.41, 5.74) is 0. The molecule has 0 aromatic rings.